The first-order valence-electron chi connectivity index (χ1n) is 13.4. The van der Waals surface area contributed by atoms with E-state index in [1.807, 2.05) is 50.2 Å². The van der Waals surface area contributed by atoms with Gasteiger partial charge < -0.3 is 24.4 Å². The number of benzene rings is 3. The third-order valence-corrected chi connectivity index (χ3v) is 7.66. The number of methoxy groups -OCH3 is 3. The van der Waals surface area contributed by atoms with Gasteiger partial charge in [0, 0.05) is 25.1 Å². The van der Waals surface area contributed by atoms with E-state index in [1.54, 1.807) is 31.4 Å². The fourth-order valence-electron chi connectivity index (χ4n) is 4.50. The van der Waals surface area contributed by atoms with E-state index in [4.69, 9.17) is 14.2 Å². The van der Waals surface area contributed by atoms with E-state index in [0.717, 1.165) is 21.7 Å². The SMILES string of the molecule is COc1cccc(CN(C(=O)CN(c2ccc(OC)c(OC)c2)S(C)(=O)=O)C(Cc2ccccc2)C(=O)NC(C)C)c1. The standard InChI is InChI=1S/C31H39N3O7S/c1-22(2)32-31(36)27(18-23-11-8-7-9-12-23)33(20-24-13-10-14-26(17-24)39-3)30(35)21-34(42(6,37)38)25-15-16-28(40-4)29(19-25)41-5/h7-17,19,22,27H,18,20-21H2,1-6H3,(H,32,36). The second-order valence-electron chi connectivity index (χ2n) is 10.1. The highest BCUT2D eigenvalue weighted by atomic mass is 32.2. The van der Waals surface area contributed by atoms with Gasteiger partial charge in [-0.05, 0) is 49.2 Å². The summed E-state index contributed by atoms with van der Waals surface area (Å²) in [7, 11) is 0.528. The van der Waals surface area contributed by atoms with Crippen LogP contribution in [-0.2, 0) is 32.6 Å². The van der Waals surface area contributed by atoms with Crippen molar-refractivity contribution < 1.29 is 32.2 Å². The van der Waals surface area contributed by atoms with Gasteiger partial charge in [-0.3, -0.25) is 13.9 Å². The summed E-state index contributed by atoms with van der Waals surface area (Å²) >= 11 is 0. The lowest BCUT2D eigenvalue weighted by atomic mass is 10.0. The van der Waals surface area contributed by atoms with E-state index in [2.05, 4.69) is 5.32 Å². The summed E-state index contributed by atoms with van der Waals surface area (Å²) in [5, 5.41) is 2.93. The number of carbonyl (C=O) groups excluding carboxylic acids is 2. The van der Waals surface area contributed by atoms with Gasteiger partial charge in [-0.15, -0.1) is 0 Å². The number of hydrogen-bond donors (Lipinski definition) is 1. The zero-order chi connectivity index (χ0) is 30.9. The van der Waals surface area contributed by atoms with Crippen LogP contribution >= 0.6 is 0 Å². The Kier molecular flexibility index (Phi) is 11.2. The van der Waals surface area contributed by atoms with Crippen molar-refractivity contribution in [3.63, 3.8) is 0 Å². The maximum Gasteiger partial charge on any atom is 0.244 e. The van der Waals surface area contributed by atoms with Crippen molar-refractivity contribution in [3.8, 4) is 17.2 Å². The number of hydrogen-bond acceptors (Lipinski definition) is 7. The third kappa shape index (κ3) is 8.62. The van der Waals surface area contributed by atoms with Crippen LogP contribution in [0.25, 0.3) is 0 Å². The monoisotopic (exact) mass is 597 g/mol. The molecule has 0 heterocycles. The molecule has 1 atom stereocenters. The molecule has 0 spiro atoms. The van der Waals surface area contributed by atoms with Gasteiger partial charge in [-0.25, -0.2) is 8.42 Å². The lowest BCUT2D eigenvalue weighted by molar-refractivity contribution is -0.140. The summed E-state index contributed by atoms with van der Waals surface area (Å²) < 4.78 is 43.0. The zero-order valence-electron chi connectivity index (χ0n) is 24.9. The van der Waals surface area contributed by atoms with Crippen LogP contribution in [0.3, 0.4) is 0 Å². The molecule has 1 unspecified atom stereocenters. The Morgan fingerprint density at radius 2 is 1.50 bits per heavy atom. The van der Waals surface area contributed by atoms with Crippen molar-refractivity contribution in [2.75, 3.05) is 38.4 Å². The Balaban J connectivity index is 2.09. The third-order valence-electron chi connectivity index (χ3n) is 6.52. The van der Waals surface area contributed by atoms with Crippen molar-refractivity contribution in [1.82, 2.24) is 10.2 Å². The molecule has 0 saturated heterocycles. The molecule has 0 radical (unpaired) electrons. The number of anilines is 1. The van der Waals surface area contributed by atoms with Crippen LogP contribution in [0.1, 0.15) is 25.0 Å². The van der Waals surface area contributed by atoms with Crippen molar-refractivity contribution >= 4 is 27.5 Å². The maximum atomic E-state index is 14.2. The summed E-state index contributed by atoms with van der Waals surface area (Å²) in [6.45, 7) is 3.18. The molecule has 0 bridgehead atoms. The molecule has 0 aliphatic carbocycles. The largest absolute Gasteiger partial charge is 0.497 e. The minimum atomic E-state index is -3.93. The van der Waals surface area contributed by atoms with Crippen LogP contribution in [-0.4, -0.2) is 71.3 Å². The molecule has 0 aromatic heterocycles. The quantitative estimate of drug-likeness (QED) is 0.302. The second kappa shape index (κ2) is 14.6. The number of sulfonamides is 1. The lowest BCUT2D eigenvalue weighted by Gasteiger charge is -2.34. The Morgan fingerprint density at radius 1 is 0.833 bits per heavy atom. The molecule has 3 aromatic carbocycles. The zero-order valence-corrected chi connectivity index (χ0v) is 25.7. The van der Waals surface area contributed by atoms with Gasteiger partial charge in [-0.2, -0.15) is 0 Å². The summed E-state index contributed by atoms with van der Waals surface area (Å²) in [6, 6.07) is 20.0. The van der Waals surface area contributed by atoms with Gasteiger partial charge in [0.15, 0.2) is 11.5 Å². The number of nitrogens with zero attached hydrogens (tertiary/aromatic N) is 2. The molecule has 0 fully saturated rings. The minimum absolute atomic E-state index is 0.0442. The molecule has 3 rings (SSSR count). The molecule has 0 saturated carbocycles. The summed E-state index contributed by atoms with van der Waals surface area (Å²) in [6.07, 6.45) is 1.25. The van der Waals surface area contributed by atoms with Crippen LogP contribution in [0.5, 0.6) is 17.2 Å². The second-order valence-corrected chi connectivity index (χ2v) is 12.0. The van der Waals surface area contributed by atoms with E-state index >= 15 is 0 Å². The highest BCUT2D eigenvalue weighted by molar-refractivity contribution is 7.92. The van der Waals surface area contributed by atoms with E-state index in [-0.39, 0.29) is 30.6 Å². The molecule has 0 aliphatic heterocycles. The fourth-order valence-corrected chi connectivity index (χ4v) is 5.34. The van der Waals surface area contributed by atoms with Crippen LogP contribution in [0.4, 0.5) is 5.69 Å². The predicted octanol–water partition coefficient (Wildman–Crippen LogP) is 3.64. The van der Waals surface area contributed by atoms with Crippen molar-refractivity contribution in [2.45, 2.75) is 38.9 Å². The van der Waals surface area contributed by atoms with Crippen LogP contribution < -0.4 is 23.8 Å². The number of nitrogens with one attached hydrogen (secondary N) is 1. The topological polar surface area (TPSA) is 114 Å². The van der Waals surface area contributed by atoms with E-state index < -0.39 is 28.5 Å². The molecule has 3 aromatic rings. The van der Waals surface area contributed by atoms with E-state index in [1.165, 1.54) is 31.3 Å². The minimum Gasteiger partial charge on any atom is -0.497 e. The molecule has 0 aliphatic rings. The van der Waals surface area contributed by atoms with Crippen LogP contribution in [0.15, 0.2) is 72.8 Å². The molecule has 42 heavy (non-hydrogen) atoms. The average molecular weight is 598 g/mol. The Bertz CT molecular complexity index is 1460. The number of amides is 2. The van der Waals surface area contributed by atoms with Crippen molar-refractivity contribution in [2.24, 2.45) is 0 Å². The first-order valence-corrected chi connectivity index (χ1v) is 15.3. The predicted molar refractivity (Wildman–Crippen MR) is 162 cm³/mol. The normalized spacial score (nSPS) is 11.9. The van der Waals surface area contributed by atoms with Crippen molar-refractivity contribution in [3.05, 3.63) is 83.9 Å². The van der Waals surface area contributed by atoms with Crippen molar-refractivity contribution in [1.29, 1.82) is 0 Å². The molecular formula is C31H39N3O7S. The highest BCUT2D eigenvalue weighted by Crippen LogP contribution is 2.32. The molecule has 226 valence electrons. The molecular weight excluding hydrogens is 558 g/mol. The van der Waals surface area contributed by atoms with Gasteiger partial charge >= 0.3 is 0 Å². The summed E-state index contributed by atoms with van der Waals surface area (Å²) in [5.41, 5.74) is 1.79. The number of rotatable bonds is 14. The number of carbonyl (C=O) groups is 2. The Labute approximate surface area is 248 Å². The van der Waals surface area contributed by atoms with Gasteiger partial charge in [0.2, 0.25) is 21.8 Å². The van der Waals surface area contributed by atoms with Gasteiger partial charge in [0.25, 0.3) is 0 Å². The maximum absolute atomic E-state index is 14.2. The van der Waals surface area contributed by atoms with Gasteiger partial charge in [0.1, 0.15) is 18.3 Å². The molecule has 10 nitrogen and oxygen atoms in total. The summed E-state index contributed by atoms with van der Waals surface area (Å²) in [4.78, 5) is 29.2. The smallest absolute Gasteiger partial charge is 0.244 e. The van der Waals surface area contributed by atoms with Crippen LogP contribution in [0, 0.1) is 0 Å². The first-order chi connectivity index (χ1) is 20.0. The van der Waals surface area contributed by atoms with E-state index in [0.29, 0.717) is 17.2 Å². The van der Waals surface area contributed by atoms with E-state index in [9.17, 15) is 18.0 Å². The Morgan fingerprint density at radius 3 is 2.10 bits per heavy atom. The number of ether oxygens (including phenoxy) is 3. The molecule has 2 amide bonds. The Hall–Kier alpha value is -4.25. The van der Waals surface area contributed by atoms with Gasteiger partial charge in [0.05, 0.1) is 33.3 Å². The lowest BCUT2D eigenvalue weighted by Crippen LogP contribution is -2.54. The van der Waals surface area contributed by atoms with Crippen LogP contribution in [0.2, 0.25) is 0 Å². The molecule has 11 heteroatoms. The van der Waals surface area contributed by atoms with Gasteiger partial charge in [-0.1, -0.05) is 42.5 Å². The summed E-state index contributed by atoms with van der Waals surface area (Å²) in [5.74, 6) is 0.408. The highest BCUT2D eigenvalue weighted by Gasteiger charge is 2.33. The fraction of sp³-hybridized carbons (Fsp3) is 0.355. The first kappa shape index (κ1) is 32.3. The molecule has 1 N–H and O–H groups in total. The average Bonchev–Trinajstić information content (AvgIpc) is 2.96.